The van der Waals surface area contributed by atoms with Gasteiger partial charge in [-0.3, -0.25) is 19.5 Å². The first-order chi connectivity index (χ1) is 20.9. The molecule has 1 aromatic carbocycles. The number of hydrogen-bond donors (Lipinski definition) is 1. The van der Waals surface area contributed by atoms with Crippen LogP contribution in [0.4, 0.5) is 0 Å². The number of aryl methyl sites for hydroxylation is 2. The maximum atomic E-state index is 13.5. The van der Waals surface area contributed by atoms with Crippen LogP contribution in [0, 0.1) is 13.8 Å². The topological polar surface area (TPSA) is 123 Å². The molecule has 4 aromatic rings. The molecule has 1 fully saturated rings. The van der Waals surface area contributed by atoms with E-state index in [9.17, 15) is 9.59 Å². The number of nitrogens with one attached hydrogen (secondary N) is 1. The van der Waals surface area contributed by atoms with Gasteiger partial charge in [-0.25, -0.2) is 9.50 Å². The van der Waals surface area contributed by atoms with E-state index in [0.29, 0.717) is 43.3 Å². The van der Waals surface area contributed by atoms with Crippen molar-refractivity contribution < 1.29 is 23.8 Å². The van der Waals surface area contributed by atoms with Crippen LogP contribution in [0.1, 0.15) is 32.9 Å². The van der Waals surface area contributed by atoms with E-state index in [1.54, 1.807) is 19.4 Å². The van der Waals surface area contributed by atoms with Crippen molar-refractivity contribution in [2.75, 3.05) is 39.9 Å². The minimum absolute atomic E-state index is 0.133. The molecular weight excluding hydrogens is 550 g/mol. The number of pyridine rings is 1. The second kappa shape index (κ2) is 12.5. The Bertz CT molecular complexity index is 1640. The smallest absolute Gasteiger partial charge is 0.256 e. The summed E-state index contributed by atoms with van der Waals surface area (Å²) >= 11 is 0. The Kier molecular flexibility index (Phi) is 8.32. The van der Waals surface area contributed by atoms with Gasteiger partial charge in [0.25, 0.3) is 5.91 Å². The summed E-state index contributed by atoms with van der Waals surface area (Å²) < 4.78 is 19.5. The number of rotatable bonds is 5. The molecule has 0 aliphatic carbocycles. The highest BCUT2D eigenvalue weighted by Crippen LogP contribution is 2.25. The number of nitrogens with zero attached hydrogens (tertiary/aromatic N) is 6. The van der Waals surface area contributed by atoms with Crippen LogP contribution in [0.5, 0.6) is 11.5 Å². The zero-order chi connectivity index (χ0) is 29.9. The number of benzene rings is 1. The molecule has 4 bridgehead atoms. The molecule has 224 valence electrons. The Balaban J connectivity index is 1.27. The molecule has 0 radical (unpaired) electrons. The predicted octanol–water partition coefficient (Wildman–Crippen LogP) is 2.52. The van der Waals surface area contributed by atoms with Crippen molar-refractivity contribution >= 4 is 17.5 Å². The average Bonchev–Trinajstić information content (AvgIpc) is 3.57. The van der Waals surface area contributed by atoms with Crippen molar-refractivity contribution in [2.45, 2.75) is 39.1 Å². The zero-order valence-corrected chi connectivity index (χ0v) is 24.5. The summed E-state index contributed by atoms with van der Waals surface area (Å²) in [5.74, 6) is 0.424. The molecule has 2 atom stereocenters. The van der Waals surface area contributed by atoms with Crippen molar-refractivity contribution in [1.82, 2.24) is 34.7 Å². The third kappa shape index (κ3) is 6.51. The molecule has 5 heterocycles. The van der Waals surface area contributed by atoms with Crippen molar-refractivity contribution in [3.8, 4) is 11.5 Å². The first-order valence-electron chi connectivity index (χ1n) is 14.3. The zero-order valence-electron chi connectivity index (χ0n) is 24.5. The largest absolute Gasteiger partial charge is 0.456 e. The quantitative estimate of drug-likeness (QED) is 0.376. The average molecular weight is 586 g/mol. The number of carbonyl (C=O) groups is 2. The Hall–Kier alpha value is -4.39. The fraction of sp³-hybridized carbons (Fsp3) is 0.387. The fourth-order valence-electron chi connectivity index (χ4n) is 5.65. The number of carbonyl (C=O) groups excluding carboxylic acids is 2. The number of likely N-dealkylation sites (tertiary alicyclic amines) is 1. The Morgan fingerprint density at radius 2 is 1.95 bits per heavy atom. The van der Waals surface area contributed by atoms with Crippen LogP contribution in [0.3, 0.4) is 0 Å². The lowest BCUT2D eigenvalue weighted by molar-refractivity contribution is -0.123. The van der Waals surface area contributed by atoms with Gasteiger partial charge in [0, 0.05) is 56.4 Å². The SMILES string of the molecule is COCCN1CC(=O)N[C@H]2CN(Cc3cnn4c(C)cc(C)nc34)C[C@@H]2OCc2cccc(c2)Oc2cncc(c2)C1=O. The first kappa shape index (κ1) is 28.7. The molecule has 6 rings (SSSR count). The van der Waals surface area contributed by atoms with Crippen molar-refractivity contribution in [2.24, 2.45) is 0 Å². The normalized spacial score (nSPS) is 19.7. The maximum absolute atomic E-state index is 13.5. The number of fused-ring (bicyclic) bond motifs is 6. The van der Waals surface area contributed by atoms with E-state index in [0.717, 1.165) is 28.2 Å². The van der Waals surface area contributed by atoms with Gasteiger partial charge in [0.2, 0.25) is 5.91 Å². The minimum atomic E-state index is -0.335. The predicted molar refractivity (Wildman–Crippen MR) is 157 cm³/mol. The summed E-state index contributed by atoms with van der Waals surface area (Å²) in [4.78, 5) is 39.5. The Morgan fingerprint density at radius 1 is 1.07 bits per heavy atom. The van der Waals surface area contributed by atoms with E-state index < -0.39 is 0 Å². The highest BCUT2D eigenvalue weighted by molar-refractivity contribution is 5.96. The van der Waals surface area contributed by atoms with Gasteiger partial charge in [-0.05, 0) is 43.7 Å². The number of methoxy groups -OCH3 is 1. The summed E-state index contributed by atoms with van der Waals surface area (Å²) in [7, 11) is 1.56. The number of hydrogen-bond acceptors (Lipinski definition) is 9. The number of aromatic nitrogens is 4. The standard InChI is InChI=1S/C31H35N7O5/c1-20-9-21(2)38-30(34-20)24(13-33-38)15-36-16-27-28(17-36)42-19-22-5-4-6-25(10-22)43-26-11-23(12-32-14-26)31(40)37(7-8-41-3)18-29(39)35-27/h4-6,9-14,27-28H,7-8,15-19H2,1-3H3,(H,35,39)/t27-,28-/m0/s1. The van der Waals surface area contributed by atoms with Crippen LogP contribution in [-0.4, -0.2) is 93.2 Å². The van der Waals surface area contributed by atoms with Crippen LogP contribution in [0.2, 0.25) is 0 Å². The van der Waals surface area contributed by atoms with Gasteiger partial charge < -0.3 is 24.4 Å². The third-order valence-electron chi connectivity index (χ3n) is 7.68. The fourth-order valence-corrected chi connectivity index (χ4v) is 5.65. The van der Waals surface area contributed by atoms with Crippen LogP contribution in [0.25, 0.3) is 5.65 Å². The molecule has 3 aromatic heterocycles. The summed E-state index contributed by atoms with van der Waals surface area (Å²) in [5, 5.41) is 7.69. The Labute approximate surface area is 249 Å². The van der Waals surface area contributed by atoms with E-state index in [4.69, 9.17) is 19.2 Å². The number of ether oxygens (including phenoxy) is 3. The van der Waals surface area contributed by atoms with Crippen molar-refractivity contribution in [3.05, 3.63) is 83.1 Å². The maximum Gasteiger partial charge on any atom is 0.256 e. The highest BCUT2D eigenvalue weighted by Gasteiger charge is 2.36. The summed E-state index contributed by atoms with van der Waals surface area (Å²) in [6, 6.07) is 11.0. The van der Waals surface area contributed by atoms with E-state index >= 15 is 0 Å². The second-order valence-electron chi connectivity index (χ2n) is 11.0. The van der Waals surface area contributed by atoms with Crippen LogP contribution < -0.4 is 10.1 Å². The van der Waals surface area contributed by atoms with Crippen molar-refractivity contribution in [3.63, 3.8) is 0 Å². The lowest BCUT2D eigenvalue weighted by Gasteiger charge is -2.25. The third-order valence-corrected chi connectivity index (χ3v) is 7.68. The van der Waals surface area contributed by atoms with Gasteiger partial charge >= 0.3 is 0 Å². The molecule has 2 aliphatic rings. The minimum Gasteiger partial charge on any atom is -0.456 e. The van der Waals surface area contributed by atoms with Gasteiger partial charge in [-0.1, -0.05) is 12.1 Å². The van der Waals surface area contributed by atoms with E-state index in [1.165, 1.54) is 11.1 Å². The van der Waals surface area contributed by atoms with Crippen LogP contribution in [0.15, 0.2) is 55.0 Å². The van der Waals surface area contributed by atoms with Crippen molar-refractivity contribution in [1.29, 1.82) is 0 Å². The first-order valence-corrected chi connectivity index (χ1v) is 14.3. The molecule has 0 spiro atoms. The van der Waals surface area contributed by atoms with Gasteiger partial charge in [-0.2, -0.15) is 5.10 Å². The summed E-state index contributed by atoms with van der Waals surface area (Å²) in [6.07, 6.45) is 4.60. The molecule has 2 amide bonds. The molecule has 12 heteroatoms. The highest BCUT2D eigenvalue weighted by atomic mass is 16.5. The molecule has 1 saturated heterocycles. The van der Waals surface area contributed by atoms with E-state index in [-0.39, 0.29) is 43.7 Å². The summed E-state index contributed by atoms with van der Waals surface area (Å²) in [6.45, 7) is 6.50. The van der Waals surface area contributed by atoms with Crippen LogP contribution in [-0.2, 0) is 27.4 Å². The van der Waals surface area contributed by atoms with Gasteiger partial charge in [0.15, 0.2) is 5.65 Å². The molecule has 12 nitrogen and oxygen atoms in total. The van der Waals surface area contributed by atoms with E-state index in [1.807, 2.05) is 54.9 Å². The lowest BCUT2D eigenvalue weighted by atomic mass is 10.2. The number of amides is 2. The molecule has 0 saturated carbocycles. The molecular formula is C31H35N7O5. The van der Waals surface area contributed by atoms with Gasteiger partial charge in [0.1, 0.15) is 11.5 Å². The molecule has 0 unspecified atom stereocenters. The summed E-state index contributed by atoms with van der Waals surface area (Å²) in [5.41, 5.74) is 5.04. The molecule has 1 N–H and O–H groups in total. The lowest BCUT2D eigenvalue weighted by Crippen LogP contribution is -2.49. The van der Waals surface area contributed by atoms with E-state index in [2.05, 4.69) is 20.3 Å². The molecule has 2 aliphatic heterocycles. The Morgan fingerprint density at radius 3 is 2.81 bits per heavy atom. The second-order valence-corrected chi connectivity index (χ2v) is 11.0. The van der Waals surface area contributed by atoms with Crippen LogP contribution >= 0.6 is 0 Å². The van der Waals surface area contributed by atoms with Gasteiger partial charge in [-0.15, -0.1) is 0 Å². The monoisotopic (exact) mass is 585 g/mol. The van der Waals surface area contributed by atoms with Gasteiger partial charge in [0.05, 0.1) is 49.9 Å². The molecule has 43 heavy (non-hydrogen) atoms.